The molecule has 1 aliphatic carbocycles. The van der Waals surface area contributed by atoms with Crippen molar-refractivity contribution in [3.05, 3.63) is 0 Å². The molecule has 1 aliphatic rings. The van der Waals surface area contributed by atoms with E-state index in [0.717, 1.165) is 5.92 Å². The molecule has 0 bridgehead atoms. The molecule has 1 saturated carbocycles. The summed E-state index contributed by atoms with van der Waals surface area (Å²) in [5.41, 5.74) is 3.03. The number of hydrogen-bond acceptors (Lipinski definition) is 2. The second-order valence-electron chi connectivity index (χ2n) is 6.08. The Morgan fingerprint density at radius 2 is 1.50 bits per heavy atom. The van der Waals surface area contributed by atoms with Crippen LogP contribution in [0.3, 0.4) is 0 Å². The maximum absolute atomic E-state index is 5.64. The summed E-state index contributed by atoms with van der Waals surface area (Å²) in [6.07, 6.45) is 18.2. The molecule has 2 heteroatoms. The summed E-state index contributed by atoms with van der Waals surface area (Å²) in [5, 5.41) is 0. The zero-order chi connectivity index (χ0) is 13.1. The molecule has 0 aromatic rings. The lowest BCUT2D eigenvalue weighted by Crippen LogP contribution is -2.43. The van der Waals surface area contributed by atoms with Crippen LogP contribution in [0.2, 0.25) is 0 Å². The quantitative estimate of drug-likeness (QED) is 0.305. The van der Waals surface area contributed by atoms with Gasteiger partial charge in [-0.25, -0.2) is 0 Å². The smallest absolute Gasteiger partial charge is 0.0238 e. The van der Waals surface area contributed by atoms with Crippen LogP contribution in [0.4, 0.5) is 0 Å². The predicted octanol–water partition coefficient (Wildman–Crippen LogP) is 4.54. The van der Waals surface area contributed by atoms with Crippen molar-refractivity contribution in [1.29, 1.82) is 0 Å². The first-order valence-electron chi connectivity index (χ1n) is 8.34. The maximum atomic E-state index is 5.64. The monoisotopic (exact) mass is 254 g/mol. The second kappa shape index (κ2) is 10.8. The van der Waals surface area contributed by atoms with Gasteiger partial charge in [-0.15, -0.1) is 0 Å². The molecule has 18 heavy (non-hydrogen) atoms. The van der Waals surface area contributed by atoms with E-state index in [9.17, 15) is 0 Å². The average Bonchev–Trinajstić information content (AvgIpc) is 2.33. The average molecular weight is 254 g/mol. The molecule has 0 aromatic heterocycles. The van der Waals surface area contributed by atoms with Crippen LogP contribution < -0.4 is 11.3 Å². The van der Waals surface area contributed by atoms with Gasteiger partial charge in [0.25, 0.3) is 0 Å². The van der Waals surface area contributed by atoms with Crippen molar-refractivity contribution in [2.24, 2.45) is 11.8 Å². The number of unbranched alkanes of at least 4 members (excludes halogenated alkanes) is 8. The molecule has 2 nitrogen and oxygen atoms in total. The van der Waals surface area contributed by atoms with Crippen molar-refractivity contribution in [3.8, 4) is 0 Å². The van der Waals surface area contributed by atoms with Gasteiger partial charge < -0.3 is 0 Å². The molecule has 0 radical (unpaired) electrons. The molecule has 0 heterocycles. The Labute approximate surface area is 114 Å². The Kier molecular flexibility index (Phi) is 9.59. The van der Waals surface area contributed by atoms with Gasteiger partial charge in [-0.05, 0) is 25.2 Å². The van der Waals surface area contributed by atoms with Crippen LogP contribution >= 0.6 is 0 Å². The summed E-state index contributed by atoms with van der Waals surface area (Å²) in [7, 11) is 0. The summed E-state index contributed by atoms with van der Waals surface area (Å²) in [5.74, 6) is 6.52. The Morgan fingerprint density at radius 3 is 1.94 bits per heavy atom. The van der Waals surface area contributed by atoms with Crippen molar-refractivity contribution >= 4 is 0 Å². The Balaban J connectivity index is 1.82. The minimum Gasteiger partial charge on any atom is -0.271 e. The number of hydrazine groups is 1. The van der Waals surface area contributed by atoms with Crippen molar-refractivity contribution in [2.45, 2.75) is 96.4 Å². The molecular weight excluding hydrogens is 220 g/mol. The van der Waals surface area contributed by atoms with Crippen LogP contribution in [-0.2, 0) is 0 Å². The molecule has 1 unspecified atom stereocenters. The maximum Gasteiger partial charge on any atom is 0.0238 e. The molecule has 0 spiro atoms. The SMILES string of the molecule is CCCCCCCCCCCC(NN)C1CCC1. The summed E-state index contributed by atoms with van der Waals surface area (Å²) in [6, 6.07) is 0.600. The third kappa shape index (κ3) is 6.75. The normalized spacial score (nSPS) is 17.7. The first kappa shape index (κ1) is 16.0. The van der Waals surface area contributed by atoms with Crippen LogP contribution in [0.25, 0.3) is 0 Å². The molecule has 3 N–H and O–H groups in total. The van der Waals surface area contributed by atoms with Gasteiger partial charge in [0.1, 0.15) is 0 Å². The van der Waals surface area contributed by atoms with Gasteiger partial charge in [0, 0.05) is 6.04 Å². The minimum absolute atomic E-state index is 0.600. The van der Waals surface area contributed by atoms with Gasteiger partial charge in [-0.3, -0.25) is 11.3 Å². The highest BCUT2D eigenvalue weighted by Crippen LogP contribution is 2.31. The number of hydrogen-bond donors (Lipinski definition) is 2. The fourth-order valence-electron chi connectivity index (χ4n) is 2.97. The molecule has 0 saturated heterocycles. The number of rotatable bonds is 12. The lowest BCUT2D eigenvalue weighted by Gasteiger charge is -2.33. The molecular formula is C16H34N2. The van der Waals surface area contributed by atoms with E-state index in [2.05, 4.69) is 12.3 Å². The lowest BCUT2D eigenvalue weighted by atomic mass is 9.78. The second-order valence-corrected chi connectivity index (χ2v) is 6.08. The van der Waals surface area contributed by atoms with Crippen LogP contribution in [0.1, 0.15) is 90.4 Å². The van der Waals surface area contributed by atoms with E-state index < -0.39 is 0 Å². The van der Waals surface area contributed by atoms with Crippen molar-refractivity contribution in [2.75, 3.05) is 0 Å². The standard InChI is InChI=1S/C16H34N2/c1-2-3-4-5-6-7-8-9-10-14-16(18-17)15-12-11-13-15/h15-16,18H,2-14,17H2,1H3. The number of nitrogens with one attached hydrogen (secondary N) is 1. The van der Waals surface area contributed by atoms with E-state index in [0.29, 0.717) is 6.04 Å². The molecule has 0 aliphatic heterocycles. The largest absolute Gasteiger partial charge is 0.271 e. The highest BCUT2D eigenvalue weighted by molar-refractivity contribution is 4.81. The number of nitrogens with two attached hydrogens (primary N) is 1. The molecule has 1 rings (SSSR count). The van der Waals surface area contributed by atoms with Crippen molar-refractivity contribution in [1.82, 2.24) is 5.43 Å². The van der Waals surface area contributed by atoms with E-state index in [1.807, 2.05) is 0 Å². The predicted molar refractivity (Wildman–Crippen MR) is 80.3 cm³/mol. The van der Waals surface area contributed by atoms with E-state index in [-0.39, 0.29) is 0 Å². The van der Waals surface area contributed by atoms with Crippen LogP contribution in [0.5, 0.6) is 0 Å². The minimum atomic E-state index is 0.600. The zero-order valence-corrected chi connectivity index (χ0v) is 12.4. The van der Waals surface area contributed by atoms with Gasteiger partial charge >= 0.3 is 0 Å². The highest BCUT2D eigenvalue weighted by atomic mass is 15.2. The first-order chi connectivity index (χ1) is 8.88. The molecule has 1 fully saturated rings. The van der Waals surface area contributed by atoms with Gasteiger partial charge in [0.2, 0.25) is 0 Å². The van der Waals surface area contributed by atoms with E-state index in [1.165, 1.54) is 83.5 Å². The van der Waals surface area contributed by atoms with Crippen LogP contribution in [0.15, 0.2) is 0 Å². The molecule has 1 atom stereocenters. The topological polar surface area (TPSA) is 38.0 Å². The first-order valence-corrected chi connectivity index (χ1v) is 8.34. The Morgan fingerprint density at radius 1 is 0.944 bits per heavy atom. The fraction of sp³-hybridized carbons (Fsp3) is 1.00. The third-order valence-electron chi connectivity index (χ3n) is 4.55. The van der Waals surface area contributed by atoms with Crippen molar-refractivity contribution in [3.63, 3.8) is 0 Å². The van der Waals surface area contributed by atoms with E-state index >= 15 is 0 Å². The highest BCUT2D eigenvalue weighted by Gasteiger charge is 2.25. The van der Waals surface area contributed by atoms with Crippen LogP contribution in [0, 0.1) is 5.92 Å². The summed E-state index contributed by atoms with van der Waals surface area (Å²) in [4.78, 5) is 0. The summed E-state index contributed by atoms with van der Waals surface area (Å²) in [6.45, 7) is 2.28. The molecule has 0 amide bonds. The van der Waals surface area contributed by atoms with Gasteiger partial charge in [0.15, 0.2) is 0 Å². The third-order valence-corrected chi connectivity index (χ3v) is 4.55. The van der Waals surface area contributed by atoms with E-state index in [1.54, 1.807) is 0 Å². The Bertz CT molecular complexity index is 178. The van der Waals surface area contributed by atoms with E-state index in [4.69, 9.17) is 5.84 Å². The van der Waals surface area contributed by atoms with Gasteiger partial charge in [-0.2, -0.15) is 0 Å². The van der Waals surface area contributed by atoms with Gasteiger partial charge in [0.05, 0.1) is 0 Å². The zero-order valence-electron chi connectivity index (χ0n) is 12.4. The molecule has 108 valence electrons. The summed E-state index contributed by atoms with van der Waals surface area (Å²) >= 11 is 0. The van der Waals surface area contributed by atoms with Crippen molar-refractivity contribution < 1.29 is 0 Å². The fourth-order valence-corrected chi connectivity index (χ4v) is 2.97. The summed E-state index contributed by atoms with van der Waals surface area (Å²) < 4.78 is 0. The van der Waals surface area contributed by atoms with Gasteiger partial charge in [-0.1, -0.05) is 71.1 Å². The Hall–Kier alpha value is -0.0800. The van der Waals surface area contributed by atoms with Crippen LogP contribution in [-0.4, -0.2) is 6.04 Å². The molecule has 0 aromatic carbocycles. The lowest BCUT2D eigenvalue weighted by molar-refractivity contribution is 0.217.